The molecule has 0 spiro atoms. The highest BCUT2D eigenvalue weighted by atomic mass is 35.5. The highest BCUT2D eigenvalue weighted by Gasteiger charge is 2.36. The first-order chi connectivity index (χ1) is 13.8. The Morgan fingerprint density at radius 1 is 1.07 bits per heavy atom. The second kappa shape index (κ2) is 9.00. The Labute approximate surface area is 185 Å². The number of halogens is 3. The minimum atomic E-state index is -0.703. The number of methoxy groups -OCH3 is 1. The van der Waals surface area contributed by atoms with Crippen LogP contribution in [0.15, 0.2) is 58.4 Å². The summed E-state index contributed by atoms with van der Waals surface area (Å²) in [5, 5.41) is 1.03. The number of aliphatic imine (C=N–C) groups is 1. The molecule has 1 aliphatic heterocycles. The summed E-state index contributed by atoms with van der Waals surface area (Å²) in [6, 6.07) is 10.7. The van der Waals surface area contributed by atoms with Crippen LogP contribution in [-0.4, -0.2) is 30.1 Å². The van der Waals surface area contributed by atoms with Crippen LogP contribution in [0.25, 0.3) is 0 Å². The van der Waals surface area contributed by atoms with Gasteiger partial charge >= 0.3 is 5.97 Å². The van der Waals surface area contributed by atoms with Crippen molar-refractivity contribution in [2.45, 2.75) is 0 Å². The molecular weight excluding hydrogens is 459 g/mol. The molecule has 0 aliphatic carbocycles. The van der Waals surface area contributed by atoms with E-state index in [1.807, 2.05) is 0 Å². The van der Waals surface area contributed by atoms with Crippen LogP contribution in [0.3, 0.4) is 0 Å². The normalized spacial score (nSPS) is 16.6. The lowest BCUT2D eigenvalue weighted by Crippen LogP contribution is -2.29. The zero-order chi connectivity index (χ0) is 21.1. The van der Waals surface area contributed by atoms with Crippen LogP contribution < -0.4 is 4.90 Å². The largest absolute Gasteiger partial charge is 0.466 e. The Hall–Kier alpha value is -2.32. The van der Waals surface area contributed by atoms with Gasteiger partial charge in [0, 0.05) is 16.1 Å². The number of hydrogen-bond acceptors (Lipinski definition) is 5. The molecular formula is C19H11Cl3N2O4S. The predicted octanol–water partition coefficient (Wildman–Crippen LogP) is 4.98. The van der Waals surface area contributed by atoms with E-state index in [9.17, 15) is 14.4 Å². The third-order valence-corrected chi connectivity index (χ3v) is 5.47. The van der Waals surface area contributed by atoms with Gasteiger partial charge in [0.15, 0.2) is 5.17 Å². The number of carbonyl (C=O) groups is 3. The minimum absolute atomic E-state index is 0.0561. The number of rotatable bonds is 3. The zero-order valence-corrected chi connectivity index (χ0v) is 17.8. The maximum atomic E-state index is 12.8. The van der Waals surface area contributed by atoms with Crippen molar-refractivity contribution in [3.63, 3.8) is 0 Å². The van der Waals surface area contributed by atoms with E-state index >= 15 is 0 Å². The minimum Gasteiger partial charge on any atom is -0.466 e. The van der Waals surface area contributed by atoms with Gasteiger partial charge in [-0.15, -0.1) is 0 Å². The van der Waals surface area contributed by atoms with Crippen molar-refractivity contribution in [3.8, 4) is 0 Å². The number of benzene rings is 2. The molecule has 10 heteroatoms. The van der Waals surface area contributed by atoms with Crippen molar-refractivity contribution >= 4 is 75.2 Å². The Balaban J connectivity index is 2.05. The molecule has 148 valence electrons. The van der Waals surface area contributed by atoms with Crippen LogP contribution in [0.5, 0.6) is 0 Å². The van der Waals surface area contributed by atoms with E-state index in [1.165, 1.54) is 30.2 Å². The van der Waals surface area contributed by atoms with Crippen LogP contribution >= 0.6 is 46.6 Å². The monoisotopic (exact) mass is 468 g/mol. The van der Waals surface area contributed by atoms with Crippen molar-refractivity contribution < 1.29 is 19.1 Å². The van der Waals surface area contributed by atoms with Crippen molar-refractivity contribution in [2.24, 2.45) is 4.99 Å². The van der Waals surface area contributed by atoms with Gasteiger partial charge in [-0.05, 0) is 54.2 Å². The molecule has 0 saturated carbocycles. The maximum Gasteiger partial charge on any atom is 0.331 e. The summed E-state index contributed by atoms with van der Waals surface area (Å²) in [6.45, 7) is 0. The number of thioether (sulfide) groups is 1. The van der Waals surface area contributed by atoms with Crippen LogP contribution in [0, 0.1) is 0 Å². The number of amides is 2. The lowest BCUT2D eigenvalue weighted by atomic mass is 10.2. The van der Waals surface area contributed by atoms with Gasteiger partial charge in [-0.2, -0.15) is 4.99 Å². The Morgan fingerprint density at radius 3 is 2.34 bits per heavy atom. The Bertz CT molecular complexity index is 1070. The second-order valence-electron chi connectivity index (χ2n) is 5.57. The quantitative estimate of drug-likeness (QED) is 0.468. The summed E-state index contributed by atoms with van der Waals surface area (Å²) >= 11 is 18.7. The van der Waals surface area contributed by atoms with Crippen LogP contribution in [0.4, 0.5) is 5.69 Å². The SMILES string of the molecule is COC(=O)/C=C1\S/C(=N\C(=O)c2ccc(Cl)cc2Cl)N(c2ccc(Cl)cc2)C1=O. The number of anilines is 1. The van der Waals surface area contributed by atoms with Gasteiger partial charge in [0.1, 0.15) is 0 Å². The first kappa shape index (κ1) is 21.4. The summed E-state index contributed by atoms with van der Waals surface area (Å²) < 4.78 is 4.58. The number of ether oxygens (including phenoxy) is 1. The summed E-state index contributed by atoms with van der Waals surface area (Å²) in [6.07, 6.45) is 1.04. The van der Waals surface area contributed by atoms with Gasteiger partial charge in [-0.25, -0.2) is 4.79 Å². The van der Waals surface area contributed by atoms with Gasteiger partial charge in [0.2, 0.25) is 0 Å². The standard InChI is InChI=1S/C19H11Cl3N2O4S/c1-28-16(25)9-15-18(27)24(12-5-2-10(20)3-6-12)19(29-15)23-17(26)13-7-4-11(21)8-14(13)22/h2-9H,1H3/b15-9-,23-19-. The van der Waals surface area contributed by atoms with E-state index in [0.29, 0.717) is 15.7 Å². The highest BCUT2D eigenvalue weighted by molar-refractivity contribution is 8.19. The topological polar surface area (TPSA) is 76.0 Å². The molecule has 1 fully saturated rings. The van der Waals surface area contributed by atoms with Crippen LogP contribution in [0.2, 0.25) is 15.1 Å². The molecule has 1 saturated heterocycles. The average molecular weight is 470 g/mol. The zero-order valence-electron chi connectivity index (χ0n) is 14.7. The Morgan fingerprint density at radius 2 is 1.72 bits per heavy atom. The smallest absolute Gasteiger partial charge is 0.331 e. The maximum absolute atomic E-state index is 12.8. The van der Waals surface area contributed by atoms with E-state index in [2.05, 4.69) is 9.73 Å². The van der Waals surface area contributed by atoms with Crippen molar-refractivity contribution in [1.29, 1.82) is 0 Å². The molecule has 0 radical (unpaired) electrons. The van der Waals surface area contributed by atoms with Gasteiger partial charge < -0.3 is 4.74 Å². The average Bonchev–Trinajstić information content (AvgIpc) is 2.97. The van der Waals surface area contributed by atoms with Gasteiger partial charge in [0.25, 0.3) is 11.8 Å². The molecule has 29 heavy (non-hydrogen) atoms. The number of nitrogens with zero attached hydrogens (tertiary/aromatic N) is 2. The molecule has 2 aromatic rings. The van der Waals surface area contributed by atoms with E-state index < -0.39 is 17.8 Å². The molecule has 0 aromatic heterocycles. The molecule has 3 rings (SSSR count). The summed E-state index contributed by atoms with van der Waals surface area (Å²) in [5.74, 6) is -1.90. The lowest BCUT2D eigenvalue weighted by Gasteiger charge is -2.15. The number of hydrogen-bond donors (Lipinski definition) is 0. The molecule has 0 N–H and O–H groups in total. The fourth-order valence-electron chi connectivity index (χ4n) is 2.34. The first-order valence-electron chi connectivity index (χ1n) is 7.95. The van der Waals surface area contributed by atoms with Gasteiger partial charge in [0.05, 0.1) is 28.3 Å². The van der Waals surface area contributed by atoms with Crippen molar-refractivity contribution in [1.82, 2.24) is 0 Å². The van der Waals surface area contributed by atoms with Crippen molar-refractivity contribution in [3.05, 3.63) is 74.1 Å². The molecule has 2 aromatic carbocycles. The van der Waals surface area contributed by atoms with E-state index in [1.54, 1.807) is 24.3 Å². The molecule has 0 unspecified atom stereocenters. The van der Waals surface area contributed by atoms with Gasteiger partial charge in [-0.3, -0.25) is 14.5 Å². The fraction of sp³-hybridized carbons (Fsp3) is 0.0526. The van der Waals surface area contributed by atoms with E-state index in [4.69, 9.17) is 34.8 Å². The molecule has 1 heterocycles. The van der Waals surface area contributed by atoms with Crippen LogP contribution in [0.1, 0.15) is 10.4 Å². The van der Waals surface area contributed by atoms with E-state index in [0.717, 1.165) is 17.8 Å². The fourth-order valence-corrected chi connectivity index (χ4v) is 3.90. The summed E-state index contributed by atoms with van der Waals surface area (Å²) in [5.41, 5.74) is 0.548. The second-order valence-corrected chi connectivity index (χ2v) is 7.86. The summed E-state index contributed by atoms with van der Waals surface area (Å²) in [7, 11) is 1.20. The molecule has 6 nitrogen and oxygen atoms in total. The number of carbonyl (C=O) groups excluding carboxylic acids is 3. The number of esters is 1. The molecule has 2 amide bonds. The van der Waals surface area contributed by atoms with Crippen molar-refractivity contribution in [2.75, 3.05) is 12.0 Å². The molecule has 0 bridgehead atoms. The third kappa shape index (κ3) is 4.82. The molecule has 0 atom stereocenters. The van der Waals surface area contributed by atoms with Gasteiger partial charge in [-0.1, -0.05) is 34.8 Å². The number of amidine groups is 1. The first-order valence-corrected chi connectivity index (χ1v) is 9.91. The predicted molar refractivity (Wildman–Crippen MR) is 115 cm³/mol. The Kier molecular flexibility index (Phi) is 6.64. The van der Waals surface area contributed by atoms with E-state index in [-0.39, 0.29) is 20.7 Å². The third-order valence-electron chi connectivity index (χ3n) is 3.70. The molecule has 1 aliphatic rings. The van der Waals surface area contributed by atoms with Crippen LogP contribution in [-0.2, 0) is 14.3 Å². The highest BCUT2D eigenvalue weighted by Crippen LogP contribution is 2.36. The summed E-state index contributed by atoms with van der Waals surface area (Å²) in [4.78, 5) is 42.4. The lowest BCUT2D eigenvalue weighted by molar-refractivity contribution is -0.135.